The lowest BCUT2D eigenvalue weighted by Gasteiger charge is -2.08. The molecule has 0 N–H and O–H groups in total. The molecule has 2 heterocycles. The van der Waals surface area contributed by atoms with Crippen LogP contribution in [0.4, 0.5) is 0 Å². The van der Waals surface area contributed by atoms with Gasteiger partial charge in [-0.25, -0.2) is 0 Å². The zero-order chi connectivity index (χ0) is 9.38. The zero-order valence-electron chi connectivity index (χ0n) is 7.81. The second kappa shape index (κ2) is 3.21. The summed E-state index contributed by atoms with van der Waals surface area (Å²) in [4.78, 5) is 0. The molecule has 0 atom stereocenters. The highest BCUT2D eigenvalue weighted by molar-refractivity contribution is 7.97. The fourth-order valence-electron chi connectivity index (χ4n) is 1.90. The Morgan fingerprint density at radius 1 is 1.00 bits per heavy atom. The van der Waals surface area contributed by atoms with Gasteiger partial charge in [-0.1, -0.05) is 18.2 Å². The summed E-state index contributed by atoms with van der Waals surface area (Å²) >= 11 is 1.98. The number of hydrogen-bond donors (Lipinski definition) is 0. The smallest absolute Gasteiger partial charge is 0.0493 e. The topological polar surface area (TPSA) is 4.93 Å². The summed E-state index contributed by atoms with van der Waals surface area (Å²) in [5, 5.41) is 0. The average Bonchev–Trinajstić information content (AvgIpc) is 2.61. The molecule has 1 nitrogen and oxygen atoms in total. The molecule has 0 bridgehead atoms. The Kier molecular flexibility index (Phi) is 1.88. The predicted molar refractivity (Wildman–Crippen MR) is 60.8 cm³/mol. The largest absolute Gasteiger partial charge is 0.320 e. The summed E-state index contributed by atoms with van der Waals surface area (Å²) in [5.74, 6) is 2.24. The number of thioether (sulfide) groups is 1. The lowest BCUT2D eigenvalue weighted by atomic mass is 10.2. The van der Waals surface area contributed by atoms with Crippen molar-refractivity contribution in [2.45, 2.75) is 11.5 Å². The third kappa shape index (κ3) is 1.18. The molecule has 3 rings (SSSR count). The van der Waals surface area contributed by atoms with Gasteiger partial charge in [-0.05, 0) is 23.8 Å². The zero-order valence-corrected chi connectivity index (χ0v) is 8.63. The van der Waals surface area contributed by atoms with Crippen molar-refractivity contribution in [3.05, 3.63) is 53.9 Å². The molecule has 1 aliphatic heterocycles. The van der Waals surface area contributed by atoms with Crippen molar-refractivity contribution in [1.29, 1.82) is 0 Å². The summed E-state index contributed by atoms with van der Waals surface area (Å²) in [6.45, 7) is 0. The van der Waals surface area contributed by atoms with E-state index in [0.717, 1.165) is 11.5 Å². The van der Waals surface area contributed by atoms with E-state index in [1.807, 2.05) is 11.8 Å². The molecule has 0 spiro atoms. The second-order valence-electron chi connectivity index (χ2n) is 3.49. The quantitative estimate of drug-likeness (QED) is 0.633. The van der Waals surface area contributed by atoms with Crippen LogP contribution >= 0.6 is 11.8 Å². The van der Waals surface area contributed by atoms with Crippen molar-refractivity contribution in [1.82, 2.24) is 4.57 Å². The standard InChI is InChI=1S/C12H11NS/c1-2-6-12-10(4-1)8-14-9-11-5-3-7-13(11)12/h1-7H,8-9H2. The van der Waals surface area contributed by atoms with Gasteiger partial charge in [0.2, 0.25) is 0 Å². The van der Waals surface area contributed by atoms with Gasteiger partial charge in [-0.2, -0.15) is 11.8 Å². The third-order valence-corrected chi connectivity index (χ3v) is 3.61. The fourth-order valence-corrected chi connectivity index (χ4v) is 2.91. The molecule has 1 aromatic carbocycles. The predicted octanol–water partition coefficient (Wildman–Crippen LogP) is 3.22. The molecule has 14 heavy (non-hydrogen) atoms. The van der Waals surface area contributed by atoms with Crippen LogP contribution in [0.25, 0.3) is 5.69 Å². The second-order valence-corrected chi connectivity index (χ2v) is 4.48. The summed E-state index contributed by atoms with van der Waals surface area (Å²) < 4.78 is 2.30. The van der Waals surface area contributed by atoms with Crippen molar-refractivity contribution < 1.29 is 0 Å². The molecular formula is C12H11NS. The van der Waals surface area contributed by atoms with E-state index in [0.29, 0.717) is 0 Å². The van der Waals surface area contributed by atoms with E-state index in [-0.39, 0.29) is 0 Å². The number of rotatable bonds is 0. The van der Waals surface area contributed by atoms with Gasteiger partial charge in [0.15, 0.2) is 0 Å². The molecule has 0 unspecified atom stereocenters. The van der Waals surface area contributed by atoms with Gasteiger partial charge in [0.25, 0.3) is 0 Å². The minimum atomic E-state index is 1.11. The molecule has 0 saturated heterocycles. The number of para-hydroxylation sites is 1. The van der Waals surface area contributed by atoms with E-state index in [1.165, 1.54) is 16.9 Å². The molecule has 1 aromatic heterocycles. The Morgan fingerprint density at radius 3 is 2.93 bits per heavy atom. The Balaban J connectivity index is 2.27. The third-order valence-electron chi connectivity index (χ3n) is 2.59. The monoisotopic (exact) mass is 201 g/mol. The molecule has 0 saturated carbocycles. The van der Waals surface area contributed by atoms with Crippen LogP contribution in [-0.2, 0) is 11.5 Å². The molecule has 0 radical (unpaired) electrons. The molecule has 0 fully saturated rings. The van der Waals surface area contributed by atoms with E-state index in [9.17, 15) is 0 Å². The van der Waals surface area contributed by atoms with Gasteiger partial charge in [0, 0.05) is 29.1 Å². The molecule has 2 heteroatoms. The normalized spacial score (nSPS) is 14.3. The minimum absolute atomic E-state index is 1.11. The van der Waals surface area contributed by atoms with Crippen LogP contribution in [0.5, 0.6) is 0 Å². The maximum absolute atomic E-state index is 2.30. The van der Waals surface area contributed by atoms with E-state index in [1.54, 1.807) is 0 Å². The minimum Gasteiger partial charge on any atom is -0.320 e. The first-order valence-electron chi connectivity index (χ1n) is 4.77. The van der Waals surface area contributed by atoms with Gasteiger partial charge in [-0.3, -0.25) is 0 Å². The van der Waals surface area contributed by atoms with Crippen LogP contribution in [0.3, 0.4) is 0 Å². The van der Waals surface area contributed by atoms with E-state index in [2.05, 4.69) is 47.2 Å². The van der Waals surface area contributed by atoms with E-state index >= 15 is 0 Å². The Labute approximate surface area is 87.8 Å². The van der Waals surface area contributed by atoms with Crippen LogP contribution in [0.2, 0.25) is 0 Å². The van der Waals surface area contributed by atoms with E-state index < -0.39 is 0 Å². The molecule has 2 aromatic rings. The highest BCUT2D eigenvalue weighted by atomic mass is 32.2. The highest BCUT2D eigenvalue weighted by Gasteiger charge is 2.11. The van der Waals surface area contributed by atoms with E-state index in [4.69, 9.17) is 0 Å². The Morgan fingerprint density at radius 2 is 1.93 bits per heavy atom. The number of benzene rings is 1. The maximum atomic E-state index is 2.30. The number of fused-ring (bicyclic) bond motifs is 3. The van der Waals surface area contributed by atoms with Gasteiger partial charge in [0.1, 0.15) is 0 Å². The summed E-state index contributed by atoms with van der Waals surface area (Å²) in [7, 11) is 0. The first kappa shape index (κ1) is 8.18. The maximum Gasteiger partial charge on any atom is 0.0493 e. The molecule has 70 valence electrons. The summed E-state index contributed by atoms with van der Waals surface area (Å²) in [6.07, 6.45) is 2.15. The lowest BCUT2D eigenvalue weighted by Crippen LogP contribution is -1.97. The van der Waals surface area contributed by atoms with Crippen molar-refractivity contribution in [2.24, 2.45) is 0 Å². The van der Waals surface area contributed by atoms with Crippen molar-refractivity contribution in [3.8, 4) is 5.69 Å². The number of nitrogens with zero attached hydrogens (tertiary/aromatic N) is 1. The number of hydrogen-bond acceptors (Lipinski definition) is 1. The fraction of sp³-hybridized carbons (Fsp3) is 0.167. The number of aromatic nitrogens is 1. The van der Waals surface area contributed by atoms with Crippen molar-refractivity contribution in [2.75, 3.05) is 0 Å². The van der Waals surface area contributed by atoms with Crippen LogP contribution in [-0.4, -0.2) is 4.57 Å². The highest BCUT2D eigenvalue weighted by Crippen LogP contribution is 2.28. The molecule has 1 aliphatic rings. The first-order chi connectivity index (χ1) is 6.95. The van der Waals surface area contributed by atoms with Gasteiger partial charge < -0.3 is 4.57 Å². The van der Waals surface area contributed by atoms with Crippen LogP contribution in [0.1, 0.15) is 11.3 Å². The SMILES string of the molecule is c1ccc2c(c1)CSCc1cccn1-2. The van der Waals surface area contributed by atoms with Crippen molar-refractivity contribution >= 4 is 11.8 Å². The molecule has 0 aliphatic carbocycles. The van der Waals surface area contributed by atoms with Crippen LogP contribution < -0.4 is 0 Å². The lowest BCUT2D eigenvalue weighted by molar-refractivity contribution is 1.00. The van der Waals surface area contributed by atoms with Crippen molar-refractivity contribution in [3.63, 3.8) is 0 Å². The van der Waals surface area contributed by atoms with Gasteiger partial charge in [0.05, 0.1) is 0 Å². The average molecular weight is 201 g/mol. The van der Waals surface area contributed by atoms with Gasteiger partial charge >= 0.3 is 0 Å². The van der Waals surface area contributed by atoms with Crippen LogP contribution in [0.15, 0.2) is 42.6 Å². The van der Waals surface area contributed by atoms with Gasteiger partial charge in [-0.15, -0.1) is 0 Å². The van der Waals surface area contributed by atoms with Crippen LogP contribution in [0, 0.1) is 0 Å². The summed E-state index contributed by atoms with van der Waals surface area (Å²) in [6, 6.07) is 13.0. The molecule has 0 amide bonds. The first-order valence-corrected chi connectivity index (χ1v) is 5.93. The molecular weight excluding hydrogens is 190 g/mol. The Hall–Kier alpha value is -1.15. The summed E-state index contributed by atoms with van der Waals surface area (Å²) in [5.41, 5.74) is 4.19. The Bertz CT molecular complexity index is 459.